The summed E-state index contributed by atoms with van der Waals surface area (Å²) in [5.41, 5.74) is 0. The summed E-state index contributed by atoms with van der Waals surface area (Å²) in [6.45, 7) is 3.47. The van der Waals surface area contributed by atoms with Crippen LogP contribution in [-0.2, 0) is 9.53 Å². The van der Waals surface area contributed by atoms with Gasteiger partial charge in [-0.3, -0.25) is 9.69 Å². The lowest BCUT2D eigenvalue weighted by atomic mass is 10.2. The summed E-state index contributed by atoms with van der Waals surface area (Å²) < 4.78 is 5.50. The van der Waals surface area contributed by atoms with Gasteiger partial charge in [-0.15, -0.1) is 0 Å². The standard InChI is InChI=1S/C9H15NO2/c11-8-3-4-10(6-8)7-9-2-1-5-12-9/h9H,1-7H2. The van der Waals surface area contributed by atoms with Crippen LogP contribution in [0.2, 0.25) is 0 Å². The number of hydrogen-bond acceptors (Lipinski definition) is 3. The second-order valence-corrected chi connectivity index (χ2v) is 3.66. The fraction of sp³-hybridized carbons (Fsp3) is 0.889. The van der Waals surface area contributed by atoms with Crippen molar-refractivity contribution in [1.29, 1.82) is 0 Å². The van der Waals surface area contributed by atoms with E-state index < -0.39 is 0 Å². The van der Waals surface area contributed by atoms with Gasteiger partial charge in [0.25, 0.3) is 0 Å². The van der Waals surface area contributed by atoms with Crippen LogP contribution < -0.4 is 0 Å². The maximum absolute atomic E-state index is 10.9. The molecule has 0 amide bonds. The van der Waals surface area contributed by atoms with Gasteiger partial charge >= 0.3 is 0 Å². The summed E-state index contributed by atoms with van der Waals surface area (Å²) in [4.78, 5) is 13.2. The maximum Gasteiger partial charge on any atom is 0.148 e. The lowest BCUT2D eigenvalue weighted by molar-refractivity contribution is -0.117. The molecule has 12 heavy (non-hydrogen) atoms. The lowest BCUT2D eigenvalue weighted by Crippen LogP contribution is -2.30. The number of Topliss-reactive ketones (excluding diaryl/α,β-unsaturated/α-hetero) is 1. The molecule has 0 aromatic heterocycles. The van der Waals surface area contributed by atoms with E-state index in [-0.39, 0.29) is 0 Å². The van der Waals surface area contributed by atoms with Crippen LogP contribution in [0.4, 0.5) is 0 Å². The van der Waals surface area contributed by atoms with Crippen molar-refractivity contribution >= 4 is 5.78 Å². The highest BCUT2D eigenvalue weighted by Gasteiger charge is 2.24. The van der Waals surface area contributed by atoms with Gasteiger partial charge in [0, 0.05) is 26.1 Å². The molecule has 2 rings (SSSR count). The zero-order valence-electron chi connectivity index (χ0n) is 7.29. The van der Waals surface area contributed by atoms with Gasteiger partial charge < -0.3 is 4.74 Å². The third kappa shape index (κ3) is 1.84. The minimum atomic E-state index is 0.382. The summed E-state index contributed by atoms with van der Waals surface area (Å²) in [7, 11) is 0. The van der Waals surface area contributed by atoms with E-state index in [0.29, 0.717) is 18.4 Å². The molecule has 2 aliphatic rings. The average Bonchev–Trinajstić information content (AvgIpc) is 2.63. The van der Waals surface area contributed by atoms with Crippen LogP contribution in [-0.4, -0.2) is 43.0 Å². The number of ketones is 1. The van der Waals surface area contributed by atoms with Crippen LogP contribution in [0, 0.1) is 0 Å². The zero-order valence-corrected chi connectivity index (χ0v) is 7.29. The Hall–Kier alpha value is -0.410. The quantitative estimate of drug-likeness (QED) is 0.600. The number of carbonyl (C=O) groups is 1. The molecule has 0 saturated carbocycles. The highest BCUT2D eigenvalue weighted by atomic mass is 16.5. The molecule has 68 valence electrons. The van der Waals surface area contributed by atoms with Gasteiger partial charge in [0.05, 0.1) is 12.6 Å². The predicted octanol–water partition coefficient (Wildman–Crippen LogP) is 0.440. The normalized spacial score (nSPS) is 31.7. The van der Waals surface area contributed by atoms with E-state index in [1.54, 1.807) is 0 Å². The van der Waals surface area contributed by atoms with Gasteiger partial charge in [-0.2, -0.15) is 0 Å². The van der Waals surface area contributed by atoms with Crippen molar-refractivity contribution in [3.8, 4) is 0 Å². The average molecular weight is 169 g/mol. The number of nitrogens with zero attached hydrogens (tertiary/aromatic N) is 1. The third-order valence-electron chi connectivity index (χ3n) is 2.59. The number of carbonyl (C=O) groups excluding carboxylic acids is 1. The molecule has 3 heteroatoms. The molecule has 2 heterocycles. The van der Waals surface area contributed by atoms with Crippen molar-refractivity contribution < 1.29 is 9.53 Å². The second kappa shape index (κ2) is 3.54. The van der Waals surface area contributed by atoms with E-state index in [1.165, 1.54) is 12.8 Å². The molecule has 0 radical (unpaired) electrons. The molecule has 0 aromatic rings. The zero-order chi connectivity index (χ0) is 8.39. The highest BCUT2D eigenvalue weighted by molar-refractivity contribution is 5.82. The van der Waals surface area contributed by atoms with Crippen molar-refractivity contribution in [2.24, 2.45) is 0 Å². The first kappa shape index (κ1) is 8.20. The maximum atomic E-state index is 10.9. The van der Waals surface area contributed by atoms with E-state index in [2.05, 4.69) is 4.90 Å². The summed E-state index contributed by atoms with van der Waals surface area (Å²) in [6.07, 6.45) is 3.50. The Kier molecular flexibility index (Phi) is 2.42. The molecule has 2 fully saturated rings. The smallest absolute Gasteiger partial charge is 0.148 e. The largest absolute Gasteiger partial charge is 0.377 e. The number of ether oxygens (including phenoxy) is 1. The van der Waals surface area contributed by atoms with Crippen LogP contribution in [0.25, 0.3) is 0 Å². The van der Waals surface area contributed by atoms with Gasteiger partial charge in [0.15, 0.2) is 0 Å². The van der Waals surface area contributed by atoms with Crippen molar-refractivity contribution in [2.75, 3.05) is 26.2 Å². The number of hydrogen-bond donors (Lipinski definition) is 0. The molecule has 1 unspecified atom stereocenters. The van der Waals surface area contributed by atoms with E-state index in [1.807, 2.05) is 0 Å². The molecular weight excluding hydrogens is 154 g/mol. The van der Waals surface area contributed by atoms with Crippen molar-refractivity contribution in [3.05, 3.63) is 0 Å². The van der Waals surface area contributed by atoms with Crippen molar-refractivity contribution in [3.63, 3.8) is 0 Å². The summed E-state index contributed by atoms with van der Waals surface area (Å²) >= 11 is 0. The molecule has 0 aromatic carbocycles. The monoisotopic (exact) mass is 169 g/mol. The Labute approximate surface area is 72.7 Å². The third-order valence-corrected chi connectivity index (χ3v) is 2.59. The van der Waals surface area contributed by atoms with E-state index in [4.69, 9.17) is 4.74 Å². The van der Waals surface area contributed by atoms with Gasteiger partial charge in [0.2, 0.25) is 0 Å². The summed E-state index contributed by atoms with van der Waals surface area (Å²) in [5, 5.41) is 0. The first-order chi connectivity index (χ1) is 5.84. The Morgan fingerprint density at radius 2 is 2.50 bits per heavy atom. The van der Waals surface area contributed by atoms with Gasteiger partial charge in [-0.1, -0.05) is 0 Å². The molecule has 0 bridgehead atoms. The molecular formula is C9H15NO2. The van der Waals surface area contributed by atoms with E-state index in [9.17, 15) is 4.79 Å². The Balaban J connectivity index is 1.75. The first-order valence-corrected chi connectivity index (χ1v) is 4.70. The van der Waals surface area contributed by atoms with Gasteiger partial charge in [0.1, 0.15) is 5.78 Å². The van der Waals surface area contributed by atoms with E-state index >= 15 is 0 Å². The molecule has 2 aliphatic heterocycles. The first-order valence-electron chi connectivity index (χ1n) is 4.70. The van der Waals surface area contributed by atoms with Crippen LogP contribution in [0.3, 0.4) is 0 Å². The van der Waals surface area contributed by atoms with Gasteiger partial charge in [-0.25, -0.2) is 0 Å². The predicted molar refractivity (Wildman–Crippen MR) is 45.0 cm³/mol. The summed E-state index contributed by atoms with van der Waals surface area (Å²) in [6, 6.07) is 0. The molecule has 0 spiro atoms. The second-order valence-electron chi connectivity index (χ2n) is 3.66. The SMILES string of the molecule is O=C1CCN(CC2CCCO2)C1. The molecule has 2 saturated heterocycles. The van der Waals surface area contributed by atoms with Crippen LogP contribution in [0.15, 0.2) is 0 Å². The highest BCUT2D eigenvalue weighted by Crippen LogP contribution is 2.15. The summed E-state index contributed by atoms with van der Waals surface area (Å²) in [5.74, 6) is 0.382. The number of likely N-dealkylation sites (tertiary alicyclic amines) is 1. The lowest BCUT2D eigenvalue weighted by Gasteiger charge is -2.17. The van der Waals surface area contributed by atoms with Crippen molar-refractivity contribution in [2.45, 2.75) is 25.4 Å². The molecule has 0 aliphatic carbocycles. The topological polar surface area (TPSA) is 29.5 Å². The fourth-order valence-electron chi connectivity index (χ4n) is 1.92. The molecule has 0 N–H and O–H groups in total. The molecule has 1 atom stereocenters. The van der Waals surface area contributed by atoms with Crippen molar-refractivity contribution in [1.82, 2.24) is 4.90 Å². The Morgan fingerprint density at radius 3 is 3.08 bits per heavy atom. The van der Waals surface area contributed by atoms with Crippen LogP contribution >= 0.6 is 0 Å². The minimum absolute atomic E-state index is 0.382. The molecule has 3 nitrogen and oxygen atoms in total. The van der Waals surface area contributed by atoms with Crippen LogP contribution in [0.5, 0.6) is 0 Å². The Morgan fingerprint density at radius 1 is 1.58 bits per heavy atom. The fourth-order valence-corrected chi connectivity index (χ4v) is 1.92. The van der Waals surface area contributed by atoms with E-state index in [0.717, 1.165) is 26.1 Å². The van der Waals surface area contributed by atoms with Crippen LogP contribution in [0.1, 0.15) is 19.3 Å². The minimum Gasteiger partial charge on any atom is -0.377 e. The Bertz CT molecular complexity index is 175. The number of rotatable bonds is 2. The van der Waals surface area contributed by atoms with Gasteiger partial charge in [-0.05, 0) is 12.8 Å².